The molecule has 1 amide bonds. The number of amides is 1. The zero-order valence-electron chi connectivity index (χ0n) is 21.5. The predicted molar refractivity (Wildman–Crippen MR) is 166 cm³/mol. The van der Waals surface area contributed by atoms with Gasteiger partial charge in [-0.3, -0.25) is 9.69 Å². The summed E-state index contributed by atoms with van der Waals surface area (Å²) in [4.78, 5) is 22.1. The van der Waals surface area contributed by atoms with Gasteiger partial charge in [0.1, 0.15) is 6.61 Å². The number of morpholine rings is 1. The van der Waals surface area contributed by atoms with Crippen LogP contribution < -0.4 is 14.4 Å². The zero-order chi connectivity index (χ0) is 27.4. The van der Waals surface area contributed by atoms with E-state index in [0.717, 1.165) is 52.4 Å². The second kappa shape index (κ2) is 12.6. The number of nitrogens with zero attached hydrogens (tertiary/aromatic N) is 3. The molecule has 2 aliphatic heterocycles. The van der Waals surface area contributed by atoms with Crippen LogP contribution in [0.2, 0.25) is 5.02 Å². The van der Waals surface area contributed by atoms with Crippen LogP contribution in [0.1, 0.15) is 11.1 Å². The Labute approximate surface area is 250 Å². The Hall–Kier alpha value is -2.73. The van der Waals surface area contributed by atoms with Crippen LogP contribution in [-0.4, -0.2) is 56.4 Å². The number of carbonyl (C=O) groups excluding carboxylic acids is 1. The van der Waals surface area contributed by atoms with Gasteiger partial charge in [0.05, 0.1) is 35.9 Å². The van der Waals surface area contributed by atoms with Crippen molar-refractivity contribution in [3.8, 4) is 11.5 Å². The molecule has 3 aromatic carbocycles. The SMILES string of the molecule is COc1cc(/C=C2\SC(=Nc3ccc(N4CCOCC4)cc3)N(C)C2=O)cc(Cl)c1OCc1ccc(I)cc1. The van der Waals surface area contributed by atoms with E-state index < -0.39 is 0 Å². The number of halogens is 2. The Kier molecular flexibility index (Phi) is 9.01. The fraction of sp³-hybridized carbons (Fsp3) is 0.241. The molecule has 2 saturated heterocycles. The van der Waals surface area contributed by atoms with E-state index in [2.05, 4.69) is 39.6 Å². The number of hydrogen-bond donors (Lipinski definition) is 0. The molecule has 10 heteroatoms. The number of amidine groups is 1. The largest absolute Gasteiger partial charge is 0.493 e. The van der Waals surface area contributed by atoms with Crippen LogP contribution in [0.25, 0.3) is 6.08 Å². The number of methoxy groups -OCH3 is 1. The third kappa shape index (κ3) is 6.71. The van der Waals surface area contributed by atoms with Crippen LogP contribution in [0.3, 0.4) is 0 Å². The summed E-state index contributed by atoms with van der Waals surface area (Å²) in [6, 6.07) is 19.7. The first kappa shape index (κ1) is 27.8. The first-order valence-corrected chi connectivity index (χ1v) is 14.6. The zero-order valence-corrected chi connectivity index (χ0v) is 25.3. The lowest BCUT2D eigenvalue weighted by Crippen LogP contribution is -2.36. The summed E-state index contributed by atoms with van der Waals surface area (Å²) >= 11 is 10.2. The highest BCUT2D eigenvalue weighted by Gasteiger charge is 2.30. The van der Waals surface area contributed by atoms with Crippen LogP contribution in [-0.2, 0) is 16.1 Å². The predicted octanol–water partition coefficient (Wildman–Crippen LogP) is 6.60. The molecule has 2 aliphatic rings. The number of thioether (sulfide) groups is 1. The van der Waals surface area contributed by atoms with Crippen LogP contribution in [0.15, 0.2) is 70.6 Å². The molecule has 202 valence electrons. The fourth-order valence-corrected chi connectivity index (χ4v) is 5.79. The lowest BCUT2D eigenvalue weighted by atomic mass is 10.1. The van der Waals surface area contributed by atoms with Crippen LogP contribution >= 0.6 is 46.0 Å². The van der Waals surface area contributed by atoms with Crippen molar-refractivity contribution in [2.45, 2.75) is 6.61 Å². The Morgan fingerprint density at radius 2 is 1.82 bits per heavy atom. The smallest absolute Gasteiger partial charge is 0.266 e. The number of benzene rings is 3. The lowest BCUT2D eigenvalue weighted by Gasteiger charge is -2.28. The number of anilines is 1. The Morgan fingerprint density at radius 1 is 1.10 bits per heavy atom. The van der Waals surface area contributed by atoms with Gasteiger partial charge in [0.2, 0.25) is 0 Å². The second-order valence-corrected chi connectivity index (χ2v) is 11.6. The van der Waals surface area contributed by atoms with E-state index in [-0.39, 0.29) is 5.91 Å². The van der Waals surface area contributed by atoms with Gasteiger partial charge >= 0.3 is 0 Å². The lowest BCUT2D eigenvalue weighted by molar-refractivity contribution is -0.121. The highest BCUT2D eigenvalue weighted by Crippen LogP contribution is 2.39. The molecule has 0 aliphatic carbocycles. The maximum absolute atomic E-state index is 13.0. The van der Waals surface area contributed by atoms with Crippen molar-refractivity contribution in [2.24, 2.45) is 4.99 Å². The molecule has 0 atom stereocenters. The maximum Gasteiger partial charge on any atom is 0.266 e. The molecule has 3 aromatic rings. The quantitative estimate of drug-likeness (QED) is 0.208. The Bertz CT molecular complexity index is 1410. The molecule has 2 heterocycles. The molecule has 5 rings (SSSR count). The maximum atomic E-state index is 13.0. The molecule has 0 unspecified atom stereocenters. The van der Waals surface area contributed by atoms with Gasteiger partial charge in [0.25, 0.3) is 5.91 Å². The molecule has 39 heavy (non-hydrogen) atoms. The Balaban J connectivity index is 1.31. The van der Waals surface area contributed by atoms with Crippen molar-refractivity contribution in [1.29, 1.82) is 0 Å². The highest BCUT2D eigenvalue weighted by molar-refractivity contribution is 14.1. The number of rotatable bonds is 7. The summed E-state index contributed by atoms with van der Waals surface area (Å²) in [5.74, 6) is 0.834. The van der Waals surface area contributed by atoms with E-state index in [1.54, 1.807) is 31.2 Å². The minimum atomic E-state index is -0.127. The van der Waals surface area contributed by atoms with E-state index in [1.165, 1.54) is 11.8 Å². The van der Waals surface area contributed by atoms with E-state index >= 15 is 0 Å². The number of hydrogen-bond acceptors (Lipinski definition) is 7. The van der Waals surface area contributed by atoms with Crippen molar-refractivity contribution < 1.29 is 19.0 Å². The summed E-state index contributed by atoms with van der Waals surface area (Å²) in [5.41, 5.74) is 3.69. The standard InChI is InChI=1S/C29H27ClIN3O4S/c1-33-28(35)26(39-29(33)32-22-7-9-23(10-8-22)34-11-13-37-14-12-34)17-20-15-24(30)27(25(16-20)36-2)38-18-19-3-5-21(31)6-4-19/h3-10,15-17H,11-14,18H2,1-2H3/b26-17-,32-29?. The van der Waals surface area contributed by atoms with Crippen molar-refractivity contribution in [2.75, 3.05) is 45.4 Å². The van der Waals surface area contributed by atoms with Crippen LogP contribution in [0, 0.1) is 3.57 Å². The average molecular weight is 676 g/mol. The minimum absolute atomic E-state index is 0.127. The molecular formula is C29H27ClIN3O4S. The second-order valence-electron chi connectivity index (χ2n) is 8.93. The molecule has 0 spiro atoms. The molecule has 0 aromatic heterocycles. The summed E-state index contributed by atoms with van der Waals surface area (Å²) in [6.45, 7) is 3.60. The van der Waals surface area contributed by atoms with Crippen molar-refractivity contribution in [3.63, 3.8) is 0 Å². The van der Waals surface area contributed by atoms with Gasteiger partial charge in [-0.25, -0.2) is 4.99 Å². The fourth-order valence-electron chi connectivity index (χ4n) is 4.17. The molecule has 2 fully saturated rings. The van der Waals surface area contributed by atoms with Gasteiger partial charge in [-0.05, 0) is 100 Å². The van der Waals surface area contributed by atoms with Crippen LogP contribution in [0.4, 0.5) is 11.4 Å². The number of carbonyl (C=O) groups is 1. The topological polar surface area (TPSA) is 63.6 Å². The summed E-state index contributed by atoms with van der Waals surface area (Å²) in [7, 11) is 3.30. The third-order valence-corrected chi connectivity index (χ3v) is 8.36. The number of aliphatic imine (C=N–C) groups is 1. The molecule has 0 N–H and O–H groups in total. The highest BCUT2D eigenvalue weighted by atomic mass is 127. The monoisotopic (exact) mass is 675 g/mol. The molecule has 7 nitrogen and oxygen atoms in total. The van der Waals surface area contributed by atoms with Gasteiger partial charge in [-0.1, -0.05) is 23.7 Å². The first-order chi connectivity index (χ1) is 18.9. The van der Waals surface area contributed by atoms with Gasteiger partial charge in [0, 0.05) is 29.4 Å². The van der Waals surface area contributed by atoms with Crippen molar-refractivity contribution >= 4 is 74.5 Å². The summed E-state index contributed by atoms with van der Waals surface area (Å²) in [5, 5.41) is 1.02. The molecule has 0 radical (unpaired) electrons. The average Bonchev–Trinajstić information content (AvgIpc) is 3.21. The van der Waals surface area contributed by atoms with Gasteiger partial charge in [-0.2, -0.15) is 0 Å². The van der Waals surface area contributed by atoms with E-state index in [4.69, 9.17) is 30.8 Å². The van der Waals surface area contributed by atoms with Gasteiger partial charge in [0.15, 0.2) is 16.7 Å². The van der Waals surface area contributed by atoms with Gasteiger partial charge < -0.3 is 19.1 Å². The Morgan fingerprint density at radius 3 is 2.51 bits per heavy atom. The number of ether oxygens (including phenoxy) is 3. The van der Waals surface area contributed by atoms with E-state index in [1.807, 2.05) is 42.5 Å². The molecule has 0 saturated carbocycles. The number of likely N-dealkylation sites (N-methyl/N-ethyl adjacent to an activating group) is 1. The normalized spacial score (nSPS) is 17.8. The summed E-state index contributed by atoms with van der Waals surface area (Å²) in [6.07, 6.45) is 1.80. The summed E-state index contributed by atoms with van der Waals surface area (Å²) < 4.78 is 18.1. The van der Waals surface area contributed by atoms with E-state index in [0.29, 0.717) is 33.2 Å². The molecular weight excluding hydrogens is 649 g/mol. The van der Waals surface area contributed by atoms with Crippen molar-refractivity contribution in [3.05, 3.63) is 85.3 Å². The van der Waals surface area contributed by atoms with Crippen molar-refractivity contribution in [1.82, 2.24) is 4.90 Å². The minimum Gasteiger partial charge on any atom is -0.493 e. The third-order valence-electron chi connectivity index (χ3n) is 6.30. The van der Waals surface area contributed by atoms with Gasteiger partial charge in [-0.15, -0.1) is 0 Å². The molecule has 0 bridgehead atoms. The van der Waals surface area contributed by atoms with Crippen LogP contribution in [0.5, 0.6) is 11.5 Å². The first-order valence-electron chi connectivity index (χ1n) is 12.3. The van der Waals surface area contributed by atoms with E-state index in [9.17, 15) is 4.79 Å².